The Labute approximate surface area is 294 Å². The van der Waals surface area contributed by atoms with E-state index in [0.29, 0.717) is 17.1 Å². The Morgan fingerprint density at radius 1 is 0.725 bits per heavy atom. The van der Waals surface area contributed by atoms with Gasteiger partial charge in [0, 0.05) is 23.5 Å². The van der Waals surface area contributed by atoms with Crippen molar-refractivity contribution in [2.24, 2.45) is 0 Å². The zero-order valence-electron chi connectivity index (χ0n) is 27.7. The SMILES string of the molecule is CCOC(=O)c1ccc(-n2cnc3ccc(-c4cn(C(c5ccccc5)(c5ccccc5)c5ccccc5)nc4-c4ccc(F)cc4)cc32)nc1. The van der Waals surface area contributed by atoms with E-state index in [1.807, 2.05) is 76.0 Å². The summed E-state index contributed by atoms with van der Waals surface area (Å²) < 4.78 is 23.3. The Morgan fingerprint density at radius 3 is 1.90 bits per heavy atom. The van der Waals surface area contributed by atoms with Gasteiger partial charge in [-0.3, -0.25) is 9.25 Å². The van der Waals surface area contributed by atoms with Gasteiger partial charge < -0.3 is 4.74 Å². The average Bonchev–Trinajstić information content (AvgIpc) is 3.82. The van der Waals surface area contributed by atoms with E-state index in [0.717, 1.165) is 44.4 Å². The molecule has 0 atom stereocenters. The molecule has 51 heavy (non-hydrogen) atoms. The second-order valence-corrected chi connectivity index (χ2v) is 12.1. The van der Waals surface area contributed by atoms with E-state index in [2.05, 4.69) is 58.6 Å². The van der Waals surface area contributed by atoms with Gasteiger partial charge in [0.25, 0.3) is 0 Å². The van der Waals surface area contributed by atoms with Crippen molar-refractivity contribution in [1.82, 2.24) is 24.3 Å². The van der Waals surface area contributed by atoms with Crippen LogP contribution in [0, 0.1) is 5.82 Å². The molecule has 5 aromatic carbocycles. The summed E-state index contributed by atoms with van der Waals surface area (Å²) >= 11 is 0. The smallest absolute Gasteiger partial charge is 0.339 e. The van der Waals surface area contributed by atoms with Crippen molar-refractivity contribution in [1.29, 1.82) is 0 Å². The lowest BCUT2D eigenvalue weighted by Crippen LogP contribution is -2.38. The number of fused-ring (bicyclic) bond motifs is 1. The van der Waals surface area contributed by atoms with Crippen molar-refractivity contribution in [3.63, 3.8) is 0 Å². The van der Waals surface area contributed by atoms with Gasteiger partial charge in [0.15, 0.2) is 0 Å². The number of ether oxygens (including phenoxy) is 1. The fourth-order valence-electron chi connectivity index (χ4n) is 6.73. The van der Waals surface area contributed by atoms with Gasteiger partial charge in [-0.25, -0.2) is 19.2 Å². The van der Waals surface area contributed by atoms with Gasteiger partial charge in [-0.1, -0.05) is 97.1 Å². The van der Waals surface area contributed by atoms with Crippen LogP contribution in [-0.2, 0) is 10.3 Å². The highest BCUT2D eigenvalue weighted by Gasteiger charge is 2.40. The molecule has 0 spiro atoms. The normalized spacial score (nSPS) is 11.5. The Balaban J connectivity index is 1.36. The largest absolute Gasteiger partial charge is 0.462 e. The van der Waals surface area contributed by atoms with E-state index in [4.69, 9.17) is 9.84 Å². The summed E-state index contributed by atoms with van der Waals surface area (Å²) in [5.41, 5.74) is 7.44. The summed E-state index contributed by atoms with van der Waals surface area (Å²) in [4.78, 5) is 21.5. The van der Waals surface area contributed by atoms with Crippen molar-refractivity contribution in [3.05, 3.63) is 192 Å². The lowest BCUT2D eigenvalue weighted by molar-refractivity contribution is 0.0526. The highest BCUT2D eigenvalue weighted by atomic mass is 19.1. The Kier molecular flexibility index (Phi) is 8.25. The van der Waals surface area contributed by atoms with E-state index in [9.17, 15) is 9.18 Å². The molecule has 0 saturated heterocycles. The van der Waals surface area contributed by atoms with E-state index in [1.165, 1.54) is 18.3 Å². The molecule has 3 aromatic heterocycles. The molecule has 0 radical (unpaired) electrons. The average molecular weight is 670 g/mol. The van der Waals surface area contributed by atoms with Crippen molar-refractivity contribution >= 4 is 17.0 Å². The lowest BCUT2D eigenvalue weighted by atomic mass is 9.77. The summed E-state index contributed by atoms with van der Waals surface area (Å²) in [6, 6.07) is 47.1. The minimum Gasteiger partial charge on any atom is -0.462 e. The zero-order valence-corrected chi connectivity index (χ0v) is 27.7. The first-order valence-electron chi connectivity index (χ1n) is 16.7. The number of aromatic nitrogens is 5. The number of hydrogen-bond acceptors (Lipinski definition) is 5. The van der Waals surface area contributed by atoms with Crippen LogP contribution in [0.2, 0.25) is 0 Å². The topological polar surface area (TPSA) is 74.8 Å². The predicted octanol–water partition coefficient (Wildman–Crippen LogP) is 9.11. The monoisotopic (exact) mass is 669 g/mol. The van der Waals surface area contributed by atoms with Crippen LogP contribution in [0.5, 0.6) is 0 Å². The summed E-state index contributed by atoms with van der Waals surface area (Å²) in [6.45, 7) is 2.06. The fourth-order valence-corrected chi connectivity index (χ4v) is 6.73. The maximum absolute atomic E-state index is 14.3. The minimum absolute atomic E-state index is 0.287. The van der Waals surface area contributed by atoms with Crippen molar-refractivity contribution in [2.45, 2.75) is 12.5 Å². The Bertz CT molecular complexity index is 2340. The molecular weight excluding hydrogens is 638 g/mol. The molecule has 0 amide bonds. The summed E-state index contributed by atoms with van der Waals surface area (Å²) in [5.74, 6) is -0.135. The van der Waals surface area contributed by atoms with Gasteiger partial charge in [-0.2, -0.15) is 5.10 Å². The first-order valence-corrected chi connectivity index (χ1v) is 16.7. The number of carbonyl (C=O) groups excluding carboxylic acids is 1. The summed E-state index contributed by atoms with van der Waals surface area (Å²) in [6.07, 6.45) is 5.31. The zero-order chi connectivity index (χ0) is 34.8. The first-order chi connectivity index (χ1) is 25.1. The molecule has 3 heterocycles. The number of rotatable bonds is 9. The van der Waals surface area contributed by atoms with Crippen molar-refractivity contribution in [2.75, 3.05) is 6.61 Å². The summed E-state index contributed by atoms with van der Waals surface area (Å²) in [7, 11) is 0. The molecule has 7 nitrogen and oxygen atoms in total. The maximum Gasteiger partial charge on any atom is 0.339 e. The number of pyridine rings is 1. The van der Waals surface area contributed by atoms with Crippen LogP contribution < -0.4 is 0 Å². The van der Waals surface area contributed by atoms with Crippen LogP contribution in [0.3, 0.4) is 0 Å². The quantitative estimate of drug-likeness (QED) is 0.113. The summed E-state index contributed by atoms with van der Waals surface area (Å²) in [5, 5.41) is 5.39. The highest BCUT2D eigenvalue weighted by molar-refractivity contribution is 5.90. The molecule has 248 valence electrons. The molecule has 0 bridgehead atoms. The molecule has 0 unspecified atom stereocenters. The number of imidazole rings is 1. The molecule has 8 rings (SSSR count). The number of nitrogens with zero attached hydrogens (tertiary/aromatic N) is 5. The number of carbonyl (C=O) groups is 1. The number of hydrogen-bond donors (Lipinski definition) is 0. The molecule has 0 aliphatic rings. The van der Waals surface area contributed by atoms with Gasteiger partial charge >= 0.3 is 5.97 Å². The first kappa shape index (κ1) is 31.6. The minimum atomic E-state index is -0.854. The van der Waals surface area contributed by atoms with Gasteiger partial charge in [0.1, 0.15) is 29.2 Å². The standard InChI is InChI=1S/C43H32FN5O2/c1-2-51-42(50)32-21-25-40(45-27-32)48-29-46-38-24-20-31(26-39(38)48)37-28-49(47-41(37)30-18-22-36(44)23-19-30)43(33-12-6-3-7-13-33,34-14-8-4-9-15-34)35-16-10-5-11-17-35/h3-29H,2H2,1H3. The van der Waals surface area contributed by atoms with E-state index in [1.54, 1.807) is 37.5 Å². The molecule has 0 N–H and O–H groups in total. The van der Waals surface area contributed by atoms with Gasteiger partial charge in [0.2, 0.25) is 0 Å². The van der Waals surface area contributed by atoms with Crippen LogP contribution in [-0.4, -0.2) is 36.9 Å². The van der Waals surface area contributed by atoms with Crippen LogP contribution in [0.25, 0.3) is 39.2 Å². The van der Waals surface area contributed by atoms with Crippen LogP contribution in [0.15, 0.2) is 164 Å². The molecular formula is C43H32FN5O2. The second kappa shape index (κ2) is 13.3. The van der Waals surface area contributed by atoms with Crippen LogP contribution in [0.1, 0.15) is 34.0 Å². The predicted molar refractivity (Wildman–Crippen MR) is 196 cm³/mol. The Hall–Kier alpha value is -6.67. The Morgan fingerprint density at radius 2 is 1.33 bits per heavy atom. The highest BCUT2D eigenvalue weighted by Crippen LogP contribution is 2.43. The lowest BCUT2D eigenvalue weighted by Gasteiger charge is -2.36. The fraction of sp³-hybridized carbons (Fsp3) is 0.0698. The third kappa shape index (κ3) is 5.66. The molecule has 8 aromatic rings. The van der Waals surface area contributed by atoms with E-state index in [-0.39, 0.29) is 12.4 Å². The second-order valence-electron chi connectivity index (χ2n) is 12.1. The van der Waals surface area contributed by atoms with Crippen molar-refractivity contribution in [3.8, 4) is 28.2 Å². The van der Waals surface area contributed by atoms with Crippen LogP contribution in [0.4, 0.5) is 4.39 Å². The molecule has 0 aliphatic heterocycles. The molecule has 0 saturated carbocycles. The molecule has 0 aliphatic carbocycles. The third-order valence-electron chi connectivity index (χ3n) is 9.11. The third-order valence-corrected chi connectivity index (χ3v) is 9.11. The van der Waals surface area contributed by atoms with Gasteiger partial charge in [-0.15, -0.1) is 0 Å². The van der Waals surface area contributed by atoms with E-state index >= 15 is 0 Å². The molecule has 0 fully saturated rings. The maximum atomic E-state index is 14.3. The van der Waals surface area contributed by atoms with Crippen LogP contribution >= 0.6 is 0 Å². The molecule has 8 heteroatoms. The van der Waals surface area contributed by atoms with Gasteiger partial charge in [0.05, 0.1) is 23.2 Å². The van der Waals surface area contributed by atoms with Gasteiger partial charge in [-0.05, 0) is 77.7 Å². The number of halogens is 1. The van der Waals surface area contributed by atoms with Crippen molar-refractivity contribution < 1.29 is 13.9 Å². The number of benzene rings is 5. The van der Waals surface area contributed by atoms with E-state index < -0.39 is 11.5 Å². The number of esters is 1.